The maximum absolute atomic E-state index is 14.9. The number of hydrogen-bond donors (Lipinski definition) is 1. The highest BCUT2D eigenvalue weighted by Gasteiger charge is 2.40. The molecule has 296 valence electrons. The molecule has 4 amide bonds. The molecule has 10 heteroatoms. The van der Waals surface area contributed by atoms with E-state index in [1.807, 2.05) is 92.4 Å². The van der Waals surface area contributed by atoms with E-state index in [-0.39, 0.29) is 24.1 Å². The molecule has 0 bridgehead atoms. The topological polar surface area (TPSA) is 103 Å². The summed E-state index contributed by atoms with van der Waals surface area (Å²) in [5, 5.41) is 5.17. The van der Waals surface area contributed by atoms with Gasteiger partial charge in [-0.15, -0.1) is 0 Å². The highest BCUT2D eigenvalue weighted by Crippen LogP contribution is 2.35. The number of likely N-dealkylation sites (N-methyl/N-ethyl adjacent to an activating group) is 2. The highest BCUT2D eigenvalue weighted by atomic mass is 16.6. The number of alkyl carbamates (subject to hydrolysis) is 1. The van der Waals surface area contributed by atoms with Crippen molar-refractivity contribution in [3.05, 3.63) is 96.1 Å². The fourth-order valence-electron chi connectivity index (χ4n) is 7.90. The molecule has 3 aromatic carbocycles. The number of nitrogens with zero attached hydrogens (tertiary/aromatic N) is 4. The van der Waals surface area contributed by atoms with Gasteiger partial charge in [-0.25, -0.2) is 4.79 Å². The molecule has 0 spiro atoms. The van der Waals surface area contributed by atoms with Crippen molar-refractivity contribution in [2.24, 2.45) is 5.92 Å². The summed E-state index contributed by atoms with van der Waals surface area (Å²) < 4.78 is 5.51. The molecule has 1 N–H and O–H groups in total. The molecule has 0 radical (unpaired) electrons. The van der Waals surface area contributed by atoms with Crippen molar-refractivity contribution >= 4 is 34.6 Å². The number of likely N-dealkylation sites (tertiary alicyclic amines) is 1. The molecule has 3 atom stereocenters. The summed E-state index contributed by atoms with van der Waals surface area (Å²) in [5.41, 5.74) is 0.794. The molecule has 0 aromatic heterocycles. The molecule has 0 unspecified atom stereocenters. The molecular weight excluding hydrogens is 691 g/mol. The van der Waals surface area contributed by atoms with Crippen LogP contribution in [0.3, 0.4) is 0 Å². The van der Waals surface area contributed by atoms with Gasteiger partial charge in [0.05, 0.1) is 0 Å². The first kappa shape index (κ1) is 41.5. The van der Waals surface area contributed by atoms with Gasteiger partial charge >= 0.3 is 6.09 Å². The molecule has 55 heavy (non-hydrogen) atoms. The van der Waals surface area contributed by atoms with Gasteiger partial charge in [-0.05, 0) is 107 Å². The van der Waals surface area contributed by atoms with E-state index in [0.717, 1.165) is 60.5 Å². The highest BCUT2D eigenvalue weighted by molar-refractivity contribution is 5.95. The van der Waals surface area contributed by atoms with Crippen LogP contribution in [0, 0.1) is 5.92 Å². The molecule has 1 aliphatic carbocycles. The Morgan fingerprint density at radius 1 is 0.855 bits per heavy atom. The monoisotopic (exact) mass is 751 g/mol. The maximum Gasteiger partial charge on any atom is 0.408 e. The maximum atomic E-state index is 14.9. The Labute approximate surface area is 327 Å². The largest absolute Gasteiger partial charge is 0.444 e. The molecule has 1 heterocycles. The number of benzene rings is 3. The van der Waals surface area contributed by atoms with Crippen molar-refractivity contribution in [1.82, 2.24) is 24.9 Å². The molecule has 1 saturated carbocycles. The van der Waals surface area contributed by atoms with Crippen LogP contribution in [-0.4, -0.2) is 114 Å². The molecule has 10 nitrogen and oxygen atoms in total. The Morgan fingerprint density at radius 2 is 1.53 bits per heavy atom. The number of amides is 4. The van der Waals surface area contributed by atoms with Crippen LogP contribution in [0.2, 0.25) is 0 Å². The second-order valence-corrected chi connectivity index (χ2v) is 16.9. The third-order valence-corrected chi connectivity index (χ3v) is 11.0. The quantitative estimate of drug-likeness (QED) is 0.190. The van der Waals surface area contributed by atoms with Gasteiger partial charge in [0.25, 0.3) is 0 Å². The lowest BCUT2D eigenvalue weighted by molar-refractivity contribution is -0.150. The number of carbonyl (C=O) groups excluding carboxylic acids is 4. The SMILES string of the molecule is CN(C)C[C@@H]1CCCN(C(=O)[C@@H](Cc2ccccc2)N(C)C(=O)[C@@H](Cc2ccc3ccccc3c2)N(C)C(=O)C=CCC2(NC(=O)OC(C)(C)C)CCC2)C1. The lowest BCUT2D eigenvalue weighted by Gasteiger charge is -2.42. The first-order valence-electron chi connectivity index (χ1n) is 19.8. The van der Waals surface area contributed by atoms with E-state index >= 15 is 0 Å². The van der Waals surface area contributed by atoms with Crippen LogP contribution in [-0.2, 0) is 32.0 Å². The van der Waals surface area contributed by atoms with Crippen molar-refractivity contribution in [2.75, 3.05) is 47.8 Å². The van der Waals surface area contributed by atoms with Crippen molar-refractivity contribution < 1.29 is 23.9 Å². The molecule has 5 rings (SSSR count). The van der Waals surface area contributed by atoms with E-state index in [4.69, 9.17) is 4.74 Å². The van der Waals surface area contributed by atoms with Crippen molar-refractivity contribution in [3.8, 4) is 0 Å². The minimum absolute atomic E-state index is 0.0650. The zero-order valence-corrected chi connectivity index (χ0v) is 33.9. The van der Waals surface area contributed by atoms with Crippen molar-refractivity contribution in [2.45, 2.75) is 95.4 Å². The molecular formula is C45H61N5O5. The Bertz CT molecular complexity index is 1810. The van der Waals surface area contributed by atoms with Gasteiger partial charge < -0.3 is 29.7 Å². The Hall–Kier alpha value is -4.70. The predicted molar refractivity (Wildman–Crippen MR) is 218 cm³/mol. The number of carbonyl (C=O) groups is 4. The predicted octanol–water partition coefficient (Wildman–Crippen LogP) is 6.47. The Kier molecular flexibility index (Phi) is 13.8. The lowest BCUT2D eigenvalue weighted by Crippen LogP contribution is -2.57. The fourth-order valence-corrected chi connectivity index (χ4v) is 7.90. The summed E-state index contributed by atoms with van der Waals surface area (Å²) >= 11 is 0. The molecule has 2 aliphatic rings. The van der Waals surface area contributed by atoms with Gasteiger partial charge in [0.1, 0.15) is 17.7 Å². The van der Waals surface area contributed by atoms with Gasteiger partial charge in [-0.3, -0.25) is 14.4 Å². The minimum atomic E-state index is -0.880. The fraction of sp³-hybridized carbons (Fsp3) is 0.511. The number of rotatable bonds is 14. The van der Waals surface area contributed by atoms with E-state index in [9.17, 15) is 19.2 Å². The average molecular weight is 752 g/mol. The number of nitrogens with one attached hydrogen (secondary N) is 1. The second kappa shape index (κ2) is 18.3. The van der Waals surface area contributed by atoms with Gasteiger partial charge in [-0.2, -0.15) is 0 Å². The van der Waals surface area contributed by atoms with Crippen LogP contribution in [0.4, 0.5) is 4.79 Å². The summed E-state index contributed by atoms with van der Waals surface area (Å²) in [7, 11) is 7.48. The summed E-state index contributed by atoms with van der Waals surface area (Å²) in [5.74, 6) is -0.325. The van der Waals surface area contributed by atoms with Crippen LogP contribution in [0.25, 0.3) is 10.8 Å². The number of fused-ring (bicyclic) bond motifs is 1. The normalized spacial score (nSPS) is 18.0. The van der Waals surface area contributed by atoms with Gasteiger partial charge in [-0.1, -0.05) is 78.9 Å². The van der Waals surface area contributed by atoms with Gasteiger partial charge in [0.2, 0.25) is 17.7 Å². The standard InChI is InChI=1S/C45H61N5O5/c1-44(2,3)55-43(54)46-45(25-15-26-45)24-13-21-40(51)48(6)38(30-34-22-23-36-19-11-12-20-37(36)28-34)41(52)49(7)39(29-33-16-9-8-10-17-33)42(53)50-27-14-18-35(32-50)31-47(4)5/h8-13,16-17,19-23,28,35,38-39H,14-15,18,24-27,29-32H2,1-7H3,(H,46,54)/t35-,38+,39+/m0/s1. The van der Waals surface area contributed by atoms with E-state index in [1.54, 1.807) is 25.1 Å². The number of piperidine rings is 1. The lowest BCUT2D eigenvalue weighted by atomic mass is 9.74. The third kappa shape index (κ3) is 11.4. The van der Waals surface area contributed by atoms with E-state index in [1.165, 1.54) is 11.0 Å². The molecule has 2 fully saturated rings. The van der Waals surface area contributed by atoms with Gasteiger partial charge in [0, 0.05) is 52.1 Å². The molecule has 1 aliphatic heterocycles. The Morgan fingerprint density at radius 3 is 2.18 bits per heavy atom. The molecule has 3 aromatic rings. The van der Waals surface area contributed by atoms with Crippen molar-refractivity contribution in [3.63, 3.8) is 0 Å². The average Bonchev–Trinajstić information content (AvgIpc) is 3.13. The first-order valence-corrected chi connectivity index (χ1v) is 19.8. The summed E-state index contributed by atoms with van der Waals surface area (Å²) in [4.78, 5) is 63.2. The van der Waals surface area contributed by atoms with E-state index in [2.05, 4.69) is 30.4 Å². The van der Waals surface area contributed by atoms with Crippen LogP contribution in [0.1, 0.15) is 70.4 Å². The summed E-state index contributed by atoms with van der Waals surface area (Å²) in [6, 6.07) is 22.4. The smallest absolute Gasteiger partial charge is 0.408 e. The van der Waals surface area contributed by atoms with Crippen LogP contribution < -0.4 is 5.32 Å². The Balaban J connectivity index is 1.40. The van der Waals surface area contributed by atoms with Gasteiger partial charge in [0.15, 0.2) is 0 Å². The zero-order chi connectivity index (χ0) is 39.8. The zero-order valence-electron chi connectivity index (χ0n) is 33.9. The van der Waals surface area contributed by atoms with Crippen LogP contribution in [0.5, 0.6) is 0 Å². The van der Waals surface area contributed by atoms with Crippen molar-refractivity contribution in [1.29, 1.82) is 0 Å². The molecule has 1 saturated heterocycles. The van der Waals surface area contributed by atoms with Crippen LogP contribution >= 0.6 is 0 Å². The van der Waals surface area contributed by atoms with E-state index in [0.29, 0.717) is 31.8 Å². The second-order valence-electron chi connectivity index (χ2n) is 16.9. The minimum Gasteiger partial charge on any atom is -0.444 e. The summed E-state index contributed by atoms with van der Waals surface area (Å²) in [6.45, 7) is 7.70. The van der Waals surface area contributed by atoms with Crippen LogP contribution in [0.15, 0.2) is 84.9 Å². The van der Waals surface area contributed by atoms with E-state index < -0.39 is 29.3 Å². The number of ether oxygens (including phenoxy) is 1. The summed E-state index contributed by atoms with van der Waals surface area (Å²) in [6.07, 6.45) is 8.47. The third-order valence-electron chi connectivity index (χ3n) is 11.0. The first-order chi connectivity index (χ1) is 26.1. The number of hydrogen-bond acceptors (Lipinski definition) is 6.